The lowest BCUT2D eigenvalue weighted by Crippen LogP contribution is -2.33. The van der Waals surface area contributed by atoms with Gasteiger partial charge in [0.1, 0.15) is 5.82 Å². The SMILES string of the molecule is CC1CCN(c2ccc(CNc3nc4ccccc4c(=O)[nH]3)cn2)CC1. The minimum atomic E-state index is -0.133. The first-order chi connectivity index (χ1) is 12.7. The van der Waals surface area contributed by atoms with Crippen molar-refractivity contribution in [2.45, 2.75) is 26.3 Å². The van der Waals surface area contributed by atoms with Crippen LogP contribution in [0.3, 0.4) is 0 Å². The van der Waals surface area contributed by atoms with Crippen molar-refractivity contribution in [1.29, 1.82) is 0 Å². The Morgan fingerprint density at radius 2 is 2.00 bits per heavy atom. The van der Waals surface area contributed by atoms with Gasteiger partial charge in [0.25, 0.3) is 5.56 Å². The van der Waals surface area contributed by atoms with Crippen LogP contribution in [0.25, 0.3) is 10.9 Å². The minimum absolute atomic E-state index is 0.133. The van der Waals surface area contributed by atoms with Crippen LogP contribution in [-0.4, -0.2) is 28.0 Å². The summed E-state index contributed by atoms with van der Waals surface area (Å²) in [6, 6.07) is 11.5. The number of rotatable bonds is 4. The van der Waals surface area contributed by atoms with E-state index in [1.807, 2.05) is 24.4 Å². The van der Waals surface area contributed by atoms with Gasteiger partial charge >= 0.3 is 0 Å². The van der Waals surface area contributed by atoms with Crippen LogP contribution in [0.15, 0.2) is 47.4 Å². The number of nitrogens with zero attached hydrogens (tertiary/aromatic N) is 3. The van der Waals surface area contributed by atoms with E-state index >= 15 is 0 Å². The first-order valence-corrected chi connectivity index (χ1v) is 9.12. The van der Waals surface area contributed by atoms with Gasteiger partial charge < -0.3 is 10.2 Å². The third-order valence-corrected chi connectivity index (χ3v) is 4.99. The molecule has 26 heavy (non-hydrogen) atoms. The summed E-state index contributed by atoms with van der Waals surface area (Å²) in [4.78, 5) is 26.3. The van der Waals surface area contributed by atoms with Gasteiger partial charge in [0.15, 0.2) is 0 Å². The molecule has 4 rings (SSSR count). The number of H-pyrrole nitrogens is 1. The van der Waals surface area contributed by atoms with Crippen LogP contribution in [0, 0.1) is 5.92 Å². The van der Waals surface area contributed by atoms with Crippen LogP contribution in [0.4, 0.5) is 11.8 Å². The van der Waals surface area contributed by atoms with Crippen molar-refractivity contribution in [3.63, 3.8) is 0 Å². The fourth-order valence-corrected chi connectivity index (χ4v) is 3.30. The molecule has 0 saturated carbocycles. The fraction of sp³-hybridized carbons (Fsp3) is 0.350. The number of piperidine rings is 1. The summed E-state index contributed by atoms with van der Waals surface area (Å²) in [6.07, 6.45) is 4.34. The normalized spacial score (nSPS) is 15.3. The molecular weight excluding hydrogens is 326 g/mol. The molecule has 0 aliphatic carbocycles. The van der Waals surface area contributed by atoms with Crippen molar-refractivity contribution in [3.8, 4) is 0 Å². The lowest BCUT2D eigenvalue weighted by atomic mass is 9.99. The molecule has 0 amide bonds. The molecule has 2 N–H and O–H groups in total. The third kappa shape index (κ3) is 3.54. The molecule has 1 saturated heterocycles. The number of hydrogen-bond donors (Lipinski definition) is 2. The van der Waals surface area contributed by atoms with Gasteiger partial charge in [0.05, 0.1) is 10.9 Å². The summed E-state index contributed by atoms with van der Waals surface area (Å²) < 4.78 is 0. The van der Waals surface area contributed by atoms with E-state index < -0.39 is 0 Å². The topological polar surface area (TPSA) is 73.9 Å². The Bertz CT molecular complexity index is 942. The quantitative estimate of drug-likeness (QED) is 0.757. The van der Waals surface area contributed by atoms with Gasteiger partial charge in [-0.3, -0.25) is 9.78 Å². The van der Waals surface area contributed by atoms with Crippen molar-refractivity contribution in [2.75, 3.05) is 23.3 Å². The monoisotopic (exact) mass is 349 g/mol. The standard InChI is InChI=1S/C20H23N5O/c1-14-8-10-25(11-9-14)18-7-6-15(12-21-18)13-22-20-23-17-5-3-2-4-16(17)19(26)24-20/h2-7,12,14H,8-11,13H2,1H3,(H2,22,23,24,26). The molecule has 134 valence electrons. The first kappa shape index (κ1) is 16.6. The maximum Gasteiger partial charge on any atom is 0.260 e. The van der Waals surface area contributed by atoms with E-state index in [0.717, 1.165) is 30.4 Å². The molecule has 3 aromatic rings. The van der Waals surface area contributed by atoms with Crippen LogP contribution in [0.5, 0.6) is 0 Å². The number of nitrogens with one attached hydrogen (secondary N) is 2. The smallest absolute Gasteiger partial charge is 0.260 e. The van der Waals surface area contributed by atoms with Gasteiger partial charge in [0, 0.05) is 25.8 Å². The molecule has 0 radical (unpaired) electrons. The summed E-state index contributed by atoms with van der Waals surface area (Å²) in [6.45, 7) is 5.03. The highest BCUT2D eigenvalue weighted by atomic mass is 16.1. The summed E-state index contributed by atoms with van der Waals surface area (Å²) >= 11 is 0. The number of para-hydroxylation sites is 1. The molecule has 0 spiro atoms. The molecule has 6 nitrogen and oxygen atoms in total. The summed E-state index contributed by atoms with van der Waals surface area (Å²) in [5.74, 6) is 2.33. The lowest BCUT2D eigenvalue weighted by molar-refractivity contribution is 0.436. The minimum Gasteiger partial charge on any atom is -0.357 e. The predicted molar refractivity (Wildman–Crippen MR) is 105 cm³/mol. The molecule has 0 bridgehead atoms. The average Bonchev–Trinajstić information content (AvgIpc) is 2.68. The van der Waals surface area contributed by atoms with E-state index in [4.69, 9.17) is 0 Å². The summed E-state index contributed by atoms with van der Waals surface area (Å²) in [5, 5.41) is 3.78. The van der Waals surface area contributed by atoms with Gasteiger partial charge in [0.2, 0.25) is 5.95 Å². The van der Waals surface area contributed by atoms with Crippen molar-refractivity contribution in [3.05, 3.63) is 58.5 Å². The molecule has 0 unspecified atom stereocenters. The second-order valence-electron chi connectivity index (χ2n) is 6.98. The highest BCUT2D eigenvalue weighted by Crippen LogP contribution is 2.21. The van der Waals surface area contributed by atoms with E-state index in [2.05, 4.69) is 44.2 Å². The maximum absolute atomic E-state index is 12.1. The fourth-order valence-electron chi connectivity index (χ4n) is 3.30. The van der Waals surface area contributed by atoms with E-state index in [1.165, 1.54) is 12.8 Å². The Labute approximate surface area is 152 Å². The Morgan fingerprint density at radius 1 is 1.19 bits per heavy atom. The zero-order valence-corrected chi connectivity index (χ0v) is 14.9. The van der Waals surface area contributed by atoms with E-state index in [9.17, 15) is 4.79 Å². The largest absolute Gasteiger partial charge is 0.357 e. The molecule has 1 aliphatic rings. The Morgan fingerprint density at radius 3 is 2.77 bits per heavy atom. The van der Waals surface area contributed by atoms with E-state index in [0.29, 0.717) is 23.4 Å². The number of benzene rings is 1. The summed E-state index contributed by atoms with van der Waals surface area (Å²) in [7, 11) is 0. The molecule has 1 fully saturated rings. The van der Waals surface area contributed by atoms with Crippen LogP contribution in [-0.2, 0) is 6.54 Å². The van der Waals surface area contributed by atoms with Gasteiger partial charge in [-0.05, 0) is 42.5 Å². The second-order valence-corrected chi connectivity index (χ2v) is 6.98. The van der Waals surface area contributed by atoms with Crippen LogP contribution >= 0.6 is 0 Å². The highest BCUT2D eigenvalue weighted by Gasteiger charge is 2.16. The number of anilines is 2. The zero-order valence-electron chi connectivity index (χ0n) is 14.9. The van der Waals surface area contributed by atoms with Crippen molar-refractivity contribution < 1.29 is 0 Å². The van der Waals surface area contributed by atoms with E-state index in [-0.39, 0.29) is 5.56 Å². The Hall–Kier alpha value is -2.89. The number of pyridine rings is 1. The molecule has 1 aromatic carbocycles. The zero-order chi connectivity index (χ0) is 17.9. The molecule has 3 heterocycles. The van der Waals surface area contributed by atoms with Gasteiger partial charge in [-0.25, -0.2) is 9.97 Å². The maximum atomic E-state index is 12.1. The summed E-state index contributed by atoms with van der Waals surface area (Å²) in [5.41, 5.74) is 1.60. The van der Waals surface area contributed by atoms with Gasteiger partial charge in [-0.2, -0.15) is 0 Å². The van der Waals surface area contributed by atoms with Crippen molar-refractivity contribution >= 4 is 22.7 Å². The molecule has 6 heteroatoms. The number of aromatic nitrogens is 3. The van der Waals surface area contributed by atoms with Crippen LogP contribution in [0.2, 0.25) is 0 Å². The number of fused-ring (bicyclic) bond motifs is 1. The molecule has 1 aliphatic heterocycles. The number of aromatic amines is 1. The molecule has 2 aromatic heterocycles. The number of hydrogen-bond acceptors (Lipinski definition) is 5. The Kier molecular flexibility index (Phi) is 4.56. The molecular formula is C20H23N5O. The van der Waals surface area contributed by atoms with Gasteiger partial charge in [-0.1, -0.05) is 25.1 Å². The van der Waals surface area contributed by atoms with Crippen molar-refractivity contribution in [2.24, 2.45) is 5.92 Å². The van der Waals surface area contributed by atoms with Gasteiger partial charge in [-0.15, -0.1) is 0 Å². The third-order valence-electron chi connectivity index (χ3n) is 4.99. The second kappa shape index (κ2) is 7.15. The predicted octanol–water partition coefficient (Wildman–Crippen LogP) is 3.17. The van der Waals surface area contributed by atoms with E-state index in [1.54, 1.807) is 6.07 Å². The first-order valence-electron chi connectivity index (χ1n) is 9.12. The lowest BCUT2D eigenvalue weighted by Gasteiger charge is -2.31. The van der Waals surface area contributed by atoms with Crippen LogP contribution in [0.1, 0.15) is 25.3 Å². The molecule has 0 atom stereocenters. The Balaban J connectivity index is 1.43. The average molecular weight is 349 g/mol. The van der Waals surface area contributed by atoms with Crippen LogP contribution < -0.4 is 15.8 Å². The highest BCUT2D eigenvalue weighted by molar-refractivity contribution is 5.78. The van der Waals surface area contributed by atoms with Crippen molar-refractivity contribution in [1.82, 2.24) is 15.0 Å².